The predicted octanol–water partition coefficient (Wildman–Crippen LogP) is 3.09. The van der Waals surface area contributed by atoms with E-state index in [2.05, 4.69) is 4.98 Å². The van der Waals surface area contributed by atoms with E-state index >= 15 is 0 Å². The largest absolute Gasteiger partial charge is 0.478 e. The minimum atomic E-state index is -0.912. The normalized spacial score (nSPS) is 18.3. The molecule has 1 atom stereocenters. The highest BCUT2D eigenvalue weighted by Gasteiger charge is 2.18. The molecule has 0 bridgehead atoms. The van der Waals surface area contributed by atoms with Crippen LogP contribution in [-0.4, -0.2) is 29.3 Å². The van der Waals surface area contributed by atoms with Crippen LogP contribution in [0.15, 0.2) is 29.6 Å². The maximum Gasteiger partial charge on any atom is 0.335 e. The molecule has 1 aromatic carbocycles. The average molecular weight is 289 g/mol. The number of thiazole rings is 1. The number of hydrogen-bond acceptors (Lipinski definition) is 4. The van der Waals surface area contributed by atoms with Gasteiger partial charge in [-0.25, -0.2) is 9.78 Å². The third-order valence-corrected chi connectivity index (χ3v) is 4.32. The van der Waals surface area contributed by atoms with Crippen molar-refractivity contribution in [3.8, 4) is 11.3 Å². The van der Waals surface area contributed by atoms with E-state index in [-0.39, 0.29) is 0 Å². The third-order valence-electron chi connectivity index (χ3n) is 3.44. The van der Waals surface area contributed by atoms with Crippen molar-refractivity contribution in [1.29, 1.82) is 0 Å². The van der Waals surface area contributed by atoms with E-state index in [0.717, 1.165) is 42.3 Å². The summed E-state index contributed by atoms with van der Waals surface area (Å²) in [6, 6.07) is 6.90. The molecule has 1 aromatic heterocycles. The molecule has 3 rings (SSSR count). The Morgan fingerprint density at radius 2 is 2.40 bits per heavy atom. The molecule has 4 nitrogen and oxygen atoms in total. The number of hydrogen-bond donors (Lipinski definition) is 1. The van der Waals surface area contributed by atoms with Crippen LogP contribution in [0, 0.1) is 5.92 Å². The Morgan fingerprint density at radius 1 is 1.50 bits per heavy atom. The first-order chi connectivity index (χ1) is 9.72. The van der Waals surface area contributed by atoms with E-state index in [0.29, 0.717) is 11.5 Å². The van der Waals surface area contributed by atoms with Crippen LogP contribution in [0.3, 0.4) is 0 Å². The summed E-state index contributed by atoms with van der Waals surface area (Å²) in [7, 11) is 0. The fourth-order valence-electron chi connectivity index (χ4n) is 2.34. The van der Waals surface area contributed by atoms with Crippen LogP contribution >= 0.6 is 11.3 Å². The summed E-state index contributed by atoms with van der Waals surface area (Å²) >= 11 is 1.63. The molecule has 1 aliphatic rings. The molecule has 0 spiro atoms. The third kappa shape index (κ3) is 2.89. The molecule has 20 heavy (non-hydrogen) atoms. The highest BCUT2D eigenvalue weighted by atomic mass is 32.1. The molecule has 0 radical (unpaired) electrons. The Labute approximate surface area is 121 Å². The molecule has 1 N–H and O–H groups in total. The second-order valence-corrected chi connectivity index (χ2v) is 5.89. The molecule has 2 heterocycles. The molecule has 5 heteroatoms. The van der Waals surface area contributed by atoms with E-state index in [1.54, 1.807) is 29.5 Å². The van der Waals surface area contributed by atoms with Crippen molar-refractivity contribution in [2.24, 2.45) is 5.92 Å². The van der Waals surface area contributed by atoms with Crippen molar-refractivity contribution < 1.29 is 14.6 Å². The van der Waals surface area contributed by atoms with Crippen LogP contribution in [0.2, 0.25) is 0 Å². The van der Waals surface area contributed by atoms with Crippen molar-refractivity contribution in [2.75, 3.05) is 13.2 Å². The van der Waals surface area contributed by atoms with E-state index in [9.17, 15) is 4.79 Å². The van der Waals surface area contributed by atoms with Crippen molar-refractivity contribution in [3.05, 3.63) is 40.2 Å². The molecule has 104 valence electrons. The number of nitrogens with zero attached hydrogens (tertiary/aromatic N) is 1. The van der Waals surface area contributed by atoms with E-state index in [4.69, 9.17) is 9.84 Å². The number of carboxylic acids is 1. The summed E-state index contributed by atoms with van der Waals surface area (Å²) in [5.74, 6) is -0.343. The lowest BCUT2D eigenvalue weighted by Crippen LogP contribution is -2.03. The van der Waals surface area contributed by atoms with Gasteiger partial charge < -0.3 is 9.84 Å². The van der Waals surface area contributed by atoms with Gasteiger partial charge >= 0.3 is 5.97 Å². The van der Waals surface area contributed by atoms with Gasteiger partial charge in [0.1, 0.15) is 0 Å². The number of ether oxygens (including phenoxy) is 1. The van der Waals surface area contributed by atoms with Crippen molar-refractivity contribution in [1.82, 2.24) is 4.98 Å². The van der Waals surface area contributed by atoms with Crippen LogP contribution in [0.4, 0.5) is 0 Å². The first-order valence-electron chi connectivity index (χ1n) is 6.58. The van der Waals surface area contributed by atoms with Gasteiger partial charge in [0, 0.05) is 30.6 Å². The Kier molecular flexibility index (Phi) is 3.80. The predicted molar refractivity (Wildman–Crippen MR) is 77.1 cm³/mol. The molecule has 0 aliphatic carbocycles. The van der Waals surface area contributed by atoms with Crippen LogP contribution in [-0.2, 0) is 11.2 Å². The first-order valence-corrected chi connectivity index (χ1v) is 7.46. The molecule has 1 fully saturated rings. The molecule has 2 aromatic rings. The van der Waals surface area contributed by atoms with Gasteiger partial charge in [-0.3, -0.25) is 0 Å². The summed E-state index contributed by atoms with van der Waals surface area (Å²) in [6.45, 7) is 1.67. The van der Waals surface area contributed by atoms with Crippen molar-refractivity contribution in [3.63, 3.8) is 0 Å². The smallest absolute Gasteiger partial charge is 0.335 e. The molecular weight excluding hydrogens is 274 g/mol. The van der Waals surface area contributed by atoms with Crippen LogP contribution in [0.25, 0.3) is 11.3 Å². The summed E-state index contributed by atoms with van der Waals surface area (Å²) in [5.41, 5.74) is 2.00. The highest BCUT2D eigenvalue weighted by Crippen LogP contribution is 2.26. The maximum absolute atomic E-state index is 11.0. The summed E-state index contributed by atoms with van der Waals surface area (Å²) < 4.78 is 5.37. The van der Waals surface area contributed by atoms with Gasteiger partial charge in [-0.15, -0.1) is 11.3 Å². The Morgan fingerprint density at radius 3 is 3.15 bits per heavy atom. The molecule has 1 unspecified atom stereocenters. The summed E-state index contributed by atoms with van der Waals surface area (Å²) in [5, 5.41) is 12.1. The number of rotatable bonds is 4. The summed E-state index contributed by atoms with van der Waals surface area (Å²) in [4.78, 5) is 15.6. The van der Waals surface area contributed by atoms with Gasteiger partial charge in [-0.2, -0.15) is 0 Å². The van der Waals surface area contributed by atoms with E-state index in [1.165, 1.54) is 0 Å². The molecule has 1 aliphatic heterocycles. The minimum absolute atomic E-state index is 0.293. The number of carbonyl (C=O) groups is 1. The second kappa shape index (κ2) is 5.73. The Bertz CT molecular complexity index is 617. The lowest BCUT2D eigenvalue weighted by atomic mass is 10.1. The number of aromatic carboxylic acids is 1. The van der Waals surface area contributed by atoms with Crippen molar-refractivity contribution >= 4 is 17.3 Å². The zero-order valence-electron chi connectivity index (χ0n) is 10.9. The monoisotopic (exact) mass is 289 g/mol. The second-order valence-electron chi connectivity index (χ2n) is 4.95. The topological polar surface area (TPSA) is 59.4 Å². The lowest BCUT2D eigenvalue weighted by molar-refractivity contribution is 0.0697. The zero-order chi connectivity index (χ0) is 13.9. The molecule has 0 saturated carbocycles. The van der Waals surface area contributed by atoms with E-state index in [1.807, 2.05) is 11.4 Å². The van der Waals surface area contributed by atoms with Gasteiger partial charge in [-0.05, 0) is 24.5 Å². The first kappa shape index (κ1) is 13.3. The Hall–Kier alpha value is -1.72. The van der Waals surface area contributed by atoms with Gasteiger partial charge in [0.05, 0.1) is 16.3 Å². The average Bonchev–Trinajstić information content (AvgIpc) is 3.11. The van der Waals surface area contributed by atoms with Gasteiger partial charge in [0.2, 0.25) is 0 Å². The van der Waals surface area contributed by atoms with E-state index < -0.39 is 5.97 Å². The van der Waals surface area contributed by atoms with Crippen LogP contribution in [0.5, 0.6) is 0 Å². The number of carboxylic acid groups (broad SMARTS) is 1. The fraction of sp³-hybridized carbons (Fsp3) is 0.333. The standard InChI is InChI=1S/C15H15NO3S/c17-15(18)12-3-1-2-11(7-12)13-9-20-14(16-13)6-10-4-5-19-8-10/h1-3,7,9-10H,4-6,8H2,(H,17,18). The zero-order valence-corrected chi connectivity index (χ0v) is 11.7. The fourth-order valence-corrected chi connectivity index (χ4v) is 3.26. The number of aromatic nitrogens is 1. The molecular formula is C15H15NO3S. The van der Waals surface area contributed by atoms with Crippen LogP contribution in [0.1, 0.15) is 21.8 Å². The van der Waals surface area contributed by atoms with Gasteiger partial charge in [0.25, 0.3) is 0 Å². The summed E-state index contributed by atoms with van der Waals surface area (Å²) in [6.07, 6.45) is 2.05. The van der Waals surface area contributed by atoms with Gasteiger partial charge in [-0.1, -0.05) is 12.1 Å². The number of benzene rings is 1. The minimum Gasteiger partial charge on any atom is -0.478 e. The van der Waals surface area contributed by atoms with Gasteiger partial charge in [0.15, 0.2) is 0 Å². The Balaban J connectivity index is 1.78. The quantitative estimate of drug-likeness (QED) is 0.939. The highest BCUT2D eigenvalue weighted by molar-refractivity contribution is 7.09. The van der Waals surface area contributed by atoms with Crippen molar-refractivity contribution in [2.45, 2.75) is 12.8 Å². The lowest BCUT2D eigenvalue weighted by Gasteiger charge is -2.03. The van der Waals surface area contributed by atoms with Crippen LogP contribution < -0.4 is 0 Å². The maximum atomic E-state index is 11.0. The SMILES string of the molecule is O=C(O)c1cccc(-c2csc(CC3CCOC3)n2)c1. The molecule has 1 saturated heterocycles. The molecule has 0 amide bonds.